The van der Waals surface area contributed by atoms with Gasteiger partial charge in [-0.2, -0.15) is 0 Å². The fraction of sp³-hybridized carbons (Fsp3) is 0.316. The Labute approximate surface area is 154 Å². The number of unbranched alkanes of at least 4 members (excludes halogenated alkanes) is 1. The zero-order chi connectivity index (χ0) is 17.9. The summed E-state index contributed by atoms with van der Waals surface area (Å²) in [6, 6.07) is 12.0. The van der Waals surface area contributed by atoms with Crippen LogP contribution in [0.5, 0.6) is 0 Å². The quantitative estimate of drug-likeness (QED) is 0.524. The molecule has 5 nitrogen and oxygen atoms in total. The normalized spacial score (nSPS) is 10.1. The Balaban J connectivity index is 1.68. The molecule has 0 bridgehead atoms. The molecule has 0 unspecified atom stereocenters. The number of nitrogens with one attached hydrogen (secondary N) is 3. The van der Waals surface area contributed by atoms with Gasteiger partial charge in [0, 0.05) is 24.5 Å². The van der Waals surface area contributed by atoms with Crippen LogP contribution in [0.3, 0.4) is 0 Å². The predicted molar refractivity (Wildman–Crippen MR) is 105 cm³/mol. The van der Waals surface area contributed by atoms with Crippen molar-refractivity contribution < 1.29 is 4.79 Å². The second kappa shape index (κ2) is 10.4. The summed E-state index contributed by atoms with van der Waals surface area (Å²) in [5, 5.41) is 3.41. The Hall–Kier alpha value is -2.47. The minimum Gasteiger partial charge on any atom is -0.331 e. The van der Waals surface area contributed by atoms with Gasteiger partial charge in [-0.05, 0) is 60.8 Å². The van der Waals surface area contributed by atoms with Crippen molar-refractivity contribution in [2.75, 3.05) is 5.32 Å². The van der Waals surface area contributed by atoms with Crippen molar-refractivity contribution in [1.29, 1.82) is 0 Å². The number of rotatable bonds is 7. The monoisotopic (exact) mass is 356 g/mol. The lowest BCUT2D eigenvalue weighted by atomic mass is 10.1. The SMILES string of the molecule is CCCCc1ccc(NC(=S)NNC(=O)CCc2cccnc2)cc1. The molecule has 0 spiro atoms. The largest absolute Gasteiger partial charge is 0.331 e. The fourth-order valence-electron chi connectivity index (χ4n) is 2.29. The molecule has 2 aromatic rings. The molecule has 3 N–H and O–H groups in total. The maximum atomic E-state index is 11.8. The first-order chi connectivity index (χ1) is 12.2. The number of hydrogen-bond donors (Lipinski definition) is 3. The number of amides is 1. The number of pyridine rings is 1. The molecule has 2 rings (SSSR count). The summed E-state index contributed by atoms with van der Waals surface area (Å²) in [6.45, 7) is 2.19. The molecule has 0 aliphatic rings. The number of carbonyl (C=O) groups is 1. The smallest absolute Gasteiger partial charge is 0.238 e. The van der Waals surface area contributed by atoms with Crippen LogP contribution < -0.4 is 16.2 Å². The highest BCUT2D eigenvalue weighted by Crippen LogP contribution is 2.11. The third-order valence-corrected chi connectivity index (χ3v) is 3.91. The third-order valence-electron chi connectivity index (χ3n) is 3.71. The highest BCUT2D eigenvalue weighted by molar-refractivity contribution is 7.80. The van der Waals surface area contributed by atoms with Gasteiger partial charge in [0.1, 0.15) is 0 Å². The molecule has 0 fully saturated rings. The van der Waals surface area contributed by atoms with E-state index in [0.29, 0.717) is 18.0 Å². The van der Waals surface area contributed by atoms with Crippen molar-refractivity contribution in [3.05, 3.63) is 59.9 Å². The molecule has 0 atom stereocenters. The summed E-state index contributed by atoms with van der Waals surface area (Å²) < 4.78 is 0. The van der Waals surface area contributed by atoms with Gasteiger partial charge in [0.15, 0.2) is 5.11 Å². The van der Waals surface area contributed by atoms with E-state index in [4.69, 9.17) is 12.2 Å². The molecule has 1 amide bonds. The lowest BCUT2D eigenvalue weighted by molar-refractivity contribution is -0.121. The molecule has 132 valence electrons. The van der Waals surface area contributed by atoms with Crippen LogP contribution in [0.25, 0.3) is 0 Å². The van der Waals surface area contributed by atoms with Gasteiger partial charge in [0.05, 0.1) is 0 Å². The highest BCUT2D eigenvalue weighted by Gasteiger charge is 2.03. The molecule has 0 saturated heterocycles. The van der Waals surface area contributed by atoms with E-state index in [1.165, 1.54) is 18.4 Å². The topological polar surface area (TPSA) is 66.0 Å². The van der Waals surface area contributed by atoms with Gasteiger partial charge in [-0.15, -0.1) is 0 Å². The Kier molecular flexibility index (Phi) is 7.85. The molecule has 0 radical (unpaired) electrons. The van der Waals surface area contributed by atoms with Crippen molar-refractivity contribution in [3.63, 3.8) is 0 Å². The maximum absolute atomic E-state index is 11.8. The van der Waals surface area contributed by atoms with Crippen LogP contribution in [0.4, 0.5) is 5.69 Å². The summed E-state index contributed by atoms with van der Waals surface area (Å²) in [5.74, 6) is -0.122. The molecule has 1 aromatic carbocycles. The summed E-state index contributed by atoms with van der Waals surface area (Å²) >= 11 is 5.19. The van der Waals surface area contributed by atoms with Crippen LogP contribution in [0.15, 0.2) is 48.8 Å². The molecule has 0 aliphatic carbocycles. The standard InChI is InChI=1S/C19H24N4OS/c1-2-3-5-15-7-10-17(11-8-15)21-19(25)23-22-18(24)12-9-16-6-4-13-20-14-16/h4,6-8,10-11,13-14H,2-3,5,9,12H2,1H3,(H,22,24)(H2,21,23,25). The van der Waals surface area contributed by atoms with E-state index in [0.717, 1.165) is 17.7 Å². The zero-order valence-electron chi connectivity index (χ0n) is 14.4. The van der Waals surface area contributed by atoms with Crippen molar-refractivity contribution in [1.82, 2.24) is 15.8 Å². The van der Waals surface area contributed by atoms with Crippen molar-refractivity contribution in [2.45, 2.75) is 39.0 Å². The van der Waals surface area contributed by atoms with E-state index in [1.807, 2.05) is 24.3 Å². The summed E-state index contributed by atoms with van der Waals surface area (Å²) in [7, 11) is 0. The number of hydrazine groups is 1. The van der Waals surface area contributed by atoms with E-state index in [1.54, 1.807) is 12.4 Å². The zero-order valence-corrected chi connectivity index (χ0v) is 15.2. The number of nitrogens with zero attached hydrogens (tertiary/aromatic N) is 1. The minimum atomic E-state index is -0.122. The van der Waals surface area contributed by atoms with E-state index < -0.39 is 0 Å². The average molecular weight is 356 g/mol. The molecule has 1 heterocycles. The molecule has 0 aliphatic heterocycles. The van der Waals surface area contributed by atoms with Crippen LogP contribution in [-0.4, -0.2) is 16.0 Å². The fourth-order valence-corrected chi connectivity index (χ4v) is 2.46. The first-order valence-electron chi connectivity index (χ1n) is 8.51. The first kappa shape index (κ1) is 18.9. The van der Waals surface area contributed by atoms with Crippen LogP contribution in [-0.2, 0) is 17.6 Å². The summed E-state index contributed by atoms with van der Waals surface area (Å²) in [6.07, 6.45) is 7.95. The molecule has 0 saturated carbocycles. The number of carbonyl (C=O) groups excluding carboxylic acids is 1. The molecular formula is C19H24N4OS. The van der Waals surface area contributed by atoms with Gasteiger partial charge >= 0.3 is 0 Å². The molecular weight excluding hydrogens is 332 g/mol. The lowest BCUT2D eigenvalue weighted by Crippen LogP contribution is -2.43. The van der Waals surface area contributed by atoms with Crippen LogP contribution in [0.1, 0.15) is 37.3 Å². The van der Waals surface area contributed by atoms with Crippen LogP contribution >= 0.6 is 12.2 Å². The van der Waals surface area contributed by atoms with Gasteiger partial charge in [0.2, 0.25) is 5.91 Å². The molecule has 1 aromatic heterocycles. The summed E-state index contributed by atoms with van der Waals surface area (Å²) in [4.78, 5) is 15.9. The number of benzene rings is 1. The third kappa shape index (κ3) is 7.30. The Morgan fingerprint density at radius 3 is 2.56 bits per heavy atom. The maximum Gasteiger partial charge on any atom is 0.238 e. The van der Waals surface area contributed by atoms with Gasteiger partial charge < -0.3 is 5.32 Å². The number of aryl methyl sites for hydroxylation is 2. The van der Waals surface area contributed by atoms with Crippen molar-refractivity contribution >= 4 is 28.9 Å². The number of hydrogen-bond acceptors (Lipinski definition) is 3. The first-order valence-corrected chi connectivity index (χ1v) is 8.92. The molecule has 25 heavy (non-hydrogen) atoms. The van der Waals surface area contributed by atoms with Gasteiger partial charge in [-0.1, -0.05) is 31.5 Å². The van der Waals surface area contributed by atoms with E-state index in [-0.39, 0.29) is 5.91 Å². The Bertz CT molecular complexity index is 674. The minimum absolute atomic E-state index is 0.122. The summed E-state index contributed by atoms with van der Waals surface area (Å²) in [5.41, 5.74) is 8.56. The number of thiocarbonyl (C=S) groups is 1. The Morgan fingerprint density at radius 1 is 1.08 bits per heavy atom. The van der Waals surface area contributed by atoms with E-state index in [2.05, 4.69) is 40.2 Å². The van der Waals surface area contributed by atoms with Crippen LogP contribution in [0, 0.1) is 0 Å². The molecule has 6 heteroatoms. The van der Waals surface area contributed by atoms with Crippen LogP contribution in [0.2, 0.25) is 0 Å². The van der Waals surface area contributed by atoms with Crippen molar-refractivity contribution in [3.8, 4) is 0 Å². The van der Waals surface area contributed by atoms with Gasteiger partial charge in [-0.25, -0.2) is 0 Å². The number of aromatic nitrogens is 1. The highest BCUT2D eigenvalue weighted by atomic mass is 32.1. The lowest BCUT2D eigenvalue weighted by Gasteiger charge is -2.12. The second-order valence-corrected chi connectivity index (χ2v) is 6.20. The van der Waals surface area contributed by atoms with Gasteiger partial charge in [-0.3, -0.25) is 20.6 Å². The average Bonchev–Trinajstić information content (AvgIpc) is 2.65. The number of anilines is 1. The van der Waals surface area contributed by atoms with E-state index in [9.17, 15) is 4.79 Å². The van der Waals surface area contributed by atoms with E-state index >= 15 is 0 Å². The van der Waals surface area contributed by atoms with Gasteiger partial charge in [0.25, 0.3) is 0 Å². The second-order valence-electron chi connectivity index (χ2n) is 5.79. The Morgan fingerprint density at radius 2 is 1.88 bits per heavy atom. The predicted octanol–water partition coefficient (Wildman–Crippen LogP) is 3.37. The van der Waals surface area contributed by atoms with Crippen molar-refractivity contribution in [2.24, 2.45) is 0 Å².